The first-order chi connectivity index (χ1) is 13.4. The molecule has 8 heteroatoms. The Hall–Kier alpha value is -2.87. The van der Waals surface area contributed by atoms with Crippen LogP contribution in [0.4, 0.5) is 18.9 Å². The predicted molar refractivity (Wildman–Crippen MR) is 105 cm³/mol. The molecule has 1 N–H and O–H groups in total. The molecule has 28 heavy (non-hydrogen) atoms. The Morgan fingerprint density at radius 1 is 1.04 bits per heavy atom. The number of anilines is 1. The van der Waals surface area contributed by atoms with Gasteiger partial charge in [-0.2, -0.15) is 13.2 Å². The van der Waals surface area contributed by atoms with Gasteiger partial charge in [0.2, 0.25) is 0 Å². The fourth-order valence-corrected chi connectivity index (χ4v) is 3.75. The molecule has 1 aromatic carbocycles. The molecule has 0 aliphatic carbocycles. The normalized spacial score (nSPS) is 16.5. The molecule has 2 aromatic heterocycles. The number of benzene rings is 1. The Balaban J connectivity index is 1.59. The second-order valence-corrected chi connectivity index (χ2v) is 6.89. The van der Waals surface area contributed by atoms with Crippen LogP contribution in [0.5, 0.6) is 0 Å². The Morgan fingerprint density at radius 3 is 2.43 bits per heavy atom. The third kappa shape index (κ3) is 3.60. The van der Waals surface area contributed by atoms with Crippen LogP contribution < -0.4 is 5.32 Å². The van der Waals surface area contributed by atoms with E-state index >= 15 is 0 Å². The summed E-state index contributed by atoms with van der Waals surface area (Å²) in [6.45, 7) is 1.46. The Morgan fingerprint density at radius 2 is 1.75 bits per heavy atom. The first-order valence-corrected chi connectivity index (χ1v) is 9.14. The minimum Gasteiger partial charge on any atom is -0.348 e. The Kier molecular flexibility index (Phi) is 4.80. The van der Waals surface area contributed by atoms with Gasteiger partial charge >= 0.3 is 6.18 Å². The molecule has 3 heterocycles. The van der Waals surface area contributed by atoms with Gasteiger partial charge in [0.25, 0.3) is 0 Å². The third-order valence-corrected chi connectivity index (χ3v) is 5.12. The Labute approximate surface area is 165 Å². The van der Waals surface area contributed by atoms with Crippen molar-refractivity contribution in [3.63, 3.8) is 0 Å². The minimum absolute atomic E-state index is 0.0961. The number of hydrogen-bond donors (Lipinski definition) is 1. The van der Waals surface area contributed by atoms with Crippen molar-refractivity contribution < 1.29 is 13.2 Å². The lowest BCUT2D eigenvalue weighted by Gasteiger charge is -2.39. The van der Waals surface area contributed by atoms with E-state index in [0.29, 0.717) is 17.3 Å². The molecule has 144 valence electrons. The monoisotopic (exact) mass is 402 g/mol. The van der Waals surface area contributed by atoms with Crippen molar-refractivity contribution in [3.8, 4) is 0 Å². The van der Waals surface area contributed by atoms with Crippen molar-refractivity contribution in [2.75, 3.05) is 11.9 Å². The molecule has 1 aliphatic heterocycles. The lowest BCUT2D eigenvalue weighted by atomic mass is 10.0. The van der Waals surface area contributed by atoms with Crippen LogP contribution in [0.1, 0.15) is 22.9 Å². The molecule has 1 atom stereocenters. The molecule has 0 spiro atoms. The maximum absolute atomic E-state index is 12.8. The zero-order valence-corrected chi connectivity index (χ0v) is 15.5. The van der Waals surface area contributed by atoms with Crippen LogP contribution in [-0.2, 0) is 12.7 Å². The van der Waals surface area contributed by atoms with Crippen LogP contribution in [0, 0.1) is 0 Å². The van der Waals surface area contributed by atoms with Gasteiger partial charge in [0.1, 0.15) is 0 Å². The SMILES string of the molecule is FC(F)(F)c1ccc(NC(=S)N2CCn3cccc3[C@@H]2c2ccncc2)cc1. The first-order valence-electron chi connectivity index (χ1n) is 8.73. The molecule has 0 bridgehead atoms. The van der Waals surface area contributed by atoms with Crippen LogP contribution in [0.2, 0.25) is 0 Å². The van der Waals surface area contributed by atoms with Crippen LogP contribution >= 0.6 is 12.2 Å². The summed E-state index contributed by atoms with van der Waals surface area (Å²) in [5, 5.41) is 3.54. The molecular formula is C20H17F3N4S. The highest BCUT2D eigenvalue weighted by molar-refractivity contribution is 7.80. The zero-order valence-electron chi connectivity index (χ0n) is 14.7. The van der Waals surface area contributed by atoms with Gasteiger partial charge in [0.15, 0.2) is 5.11 Å². The largest absolute Gasteiger partial charge is 0.416 e. The Bertz CT molecular complexity index is 967. The highest BCUT2D eigenvalue weighted by Gasteiger charge is 2.31. The van der Waals surface area contributed by atoms with Crippen LogP contribution in [0.3, 0.4) is 0 Å². The lowest BCUT2D eigenvalue weighted by molar-refractivity contribution is -0.137. The zero-order chi connectivity index (χ0) is 19.7. The first kappa shape index (κ1) is 18.5. The van der Waals surface area contributed by atoms with E-state index in [1.54, 1.807) is 12.4 Å². The van der Waals surface area contributed by atoms with Gasteiger partial charge in [-0.1, -0.05) is 0 Å². The number of pyridine rings is 1. The molecule has 1 aliphatic rings. The fourth-order valence-electron chi connectivity index (χ4n) is 3.44. The molecule has 4 rings (SSSR count). The number of alkyl halides is 3. The van der Waals surface area contributed by atoms with Gasteiger partial charge in [-0.05, 0) is 66.3 Å². The van der Waals surface area contributed by atoms with E-state index in [1.165, 1.54) is 12.1 Å². The molecule has 0 fully saturated rings. The summed E-state index contributed by atoms with van der Waals surface area (Å²) in [6.07, 6.45) is 1.15. The van der Waals surface area contributed by atoms with E-state index in [0.717, 1.165) is 29.9 Å². The molecular weight excluding hydrogens is 385 g/mol. The summed E-state index contributed by atoms with van der Waals surface area (Å²) >= 11 is 5.61. The van der Waals surface area contributed by atoms with E-state index in [2.05, 4.69) is 25.8 Å². The molecule has 0 unspecified atom stereocenters. The number of nitrogens with zero attached hydrogens (tertiary/aromatic N) is 3. The van der Waals surface area contributed by atoms with E-state index in [4.69, 9.17) is 12.2 Å². The summed E-state index contributed by atoms with van der Waals surface area (Å²) in [6, 6.07) is 12.7. The second kappa shape index (κ2) is 7.27. The summed E-state index contributed by atoms with van der Waals surface area (Å²) < 4.78 is 40.5. The number of aromatic nitrogens is 2. The number of rotatable bonds is 2. The fraction of sp³-hybridized carbons (Fsp3) is 0.200. The van der Waals surface area contributed by atoms with E-state index < -0.39 is 11.7 Å². The van der Waals surface area contributed by atoms with Crippen molar-refractivity contribution in [2.24, 2.45) is 0 Å². The van der Waals surface area contributed by atoms with Gasteiger partial charge in [-0.25, -0.2) is 0 Å². The number of fused-ring (bicyclic) bond motifs is 1. The highest BCUT2D eigenvalue weighted by Crippen LogP contribution is 2.33. The molecule has 0 amide bonds. The molecule has 4 nitrogen and oxygen atoms in total. The number of halogens is 3. The van der Waals surface area contributed by atoms with Crippen molar-refractivity contribution in [1.29, 1.82) is 0 Å². The van der Waals surface area contributed by atoms with Crippen LogP contribution in [0.15, 0.2) is 67.1 Å². The van der Waals surface area contributed by atoms with Crippen molar-refractivity contribution in [3.05, 3.63) is 83.9 Å². The van der Waals surface area contributed by atoms with Gasteiger partial charge < -0.3 is 14.8 Å². The summed E-state index contributed by atoms with van der Waals surface area (Å²) in [5.41, 5.74) is 1.99. The third-order valence-electron chi connectivity index (χ3n) is 4.78. The van der Waals surface area contributed by atoms with Gasteiger partial charge in [-0.3, -0.25) is 4.98 Å². The average molecular weight is 402 g/mol. The van der Waals surface area contributed by atoms with Crippen molar-refractivity contribution >= 4 is 23.0 Å². The second-order valence-electron chi connectivity index (χ2n) is 6.51. The van der Waals surface area contributed by atoms with Crippen LogP contribution in [0.25, 0.3) is 0 Å². The van der Waals surface area contributed by atoms with Crippen molar-refractivity contribution in [1.82, 2.24) is 14.5 Å². The van der Waals surface area contributed by atoms with Crippen LogP contribution in [-0.4, -0.2) is 26.1 Å². The minimum atomic E-state index is -4.36. The topological polar surface area (TPSA) is 33.1 Å². The summed E-state index contributed by atoms with van der Waals surface area (Å²) in [7, 11) is 0. The van der Waals surface area contributed by atoms with Gasteiger partial charge in [0.05, 0.1) is 11.6 Å². The van der Waals surface area contributed by atoms with Gasteiger partial charge in [0, 0.05) is 43.1 Å². The number of nitrogens with one attached hydrogen (secondary N) is 1. The lowest BCUT2D eigenvalue weighted by Crippen LogP contribution is -2.44. The van der Waals surface area contributed by atoms with Gasteiger partial charge in [-0.15, -0.1) is 0 Å². The average Bonchev–Trinajstić information content (AvgIpc) is 3.16. The maximum Gasteiger partial charge on any atom is 0.416 e. The molecule has 3 aromatic rings. The predicted octanol–water partition coefficient (Wildman–Crippen LogP) is 4.70. The standard InChI is InChI=1S/C20H17F3N4S/c21-20(22,23)15-3-5-16(6-4-15)25-19(28)27-13-12-26-11-1-2-17(26)18(27)14-7-9-24-10-8-14/h1-11,18H,12-13H2,(H,25,28)/t18-/m0/s1. The smallest absolute Gasteiger partial charge is 0.348 e. The molecule has 0 saturated carbocycles. The van der Waals surface area contributed by atoms with Crippen molar-refractivity contribution in [2.45, 2.75) is 18.8 Å². The molecule has 0 radical (unpaired) electrons. The quantitative estimate of drug-likeness (QED) is 0.630. The van der Waals surface area contributed by atoms with E-state index in [9.17, 15) is 13.2 Å². The number of thiocarbonyl (C=S) groups is 1. The number of hydrogen-bond acceptors (Lipinski definition) is 2. The van der Waals surface area contributed by atoms with E-state index in [-0.39, 0.29) is 6.04 Å². The summed E-state index contributed by atoms with van der Waals surface area (Å²) in [5.74, 6) is 0. The molecule has 0 saturated heterocycles. The van der Waals surface area contributed by atoms with E-state index in [1.807, 2.05) is 24.4 Å². The highest BCUT2D eigenvalue weighted by atomic mass is 32.1. The maximum atomic E-state index is 12.8. The summed E-state index contributed by atoms with van der Waals surface area (Å²) in [4.78, 5) is 6.14.